The van der Waals surface area contributed by atoms with E-state index >= 15 is 0 Å². The van der Waals surface area contributed by atoms with Crippen molar-refractivity contribution in [3.05, 3.63) is 96.0 Å². The van der Waals surface area contributed by atoms with Crippen LogP contribution in [-0.4, -0.2) is 25.7 Å². The van der Waals surface area contributed by atoms with Crippen molar-refractivity contribution in [3.8, 4) is 5.69 Å². The quantitative estimate of drug-likeness (QED) is 0.461. The van der Waals surface area contributed by atoms with Gasteiger partial charge in [-0.2, -0.15) is 0 Å². The number of halogens is 1. The molecular formula is C22H18FN5OS. The first-order valence-corrected chi connectivity index (χ1v) is 10.2. The summed E-state index contributed by atoms with van der Waals surface area (Å²) in [5, 5.41) is 8.04. The third kappa shape index (κ3) is 4.72. The molecule has 1 amide bonds. The minimum absolute atomic E-state index is 0.0464. The molecule has 2 aromatic carbocycles. The molecule has 0 saturated heterocycles. The Balaban J connectivity index is 1.45. The van der Waals surface area contributed by atoms with Gasteiger partial charge in [0, 0.05) is 17.6 Å². The second-order valence-electron chi connectivity index (χ2n) is 6.48. The summed E-state index contributed by atoms with van der Waals surface area (Å²) in [7, 11) is 0. The van der Waals surface area contributed by atoms with Crippen molar-refractivity contribution in [2.45, 2.75) is 17.7 Å². The number of nitrogens with one attached hydrogen (secondary N) is 1. The Labute approximate surface area is 177 Å². The molecule has 8 heteroatoms. The second-order valence-corrected chi connectivity index (χ2v) is 7.48. The molecule has 150 valence electrons. The molecule has 0 spiro atoms. The number of carbonyl (C=O) groups is 1. The first-order chi connectivity index (χ1) is 14.6. The zero-order valence-corrected chi connectivity index (χ0v) is 16.9. The van der Waals surface area contributed by atoms with E-state index in [-0.39, 0.29) is 11.6 Å². The zero-order valence-electron chi connectivity index (χ0n) is 16.1. The summed E-state index contributed by atoms with van der Waals surface area (Å²) in [5.74, 6) is 0.568. The highest BCUT2D eigenvalue weighted by molar-refractivity contribution is 7.98. The second kappa shape index (κ2) is 8.87. The first-order valence-electron chi connectivity index (χ1n) is 9.22. The average Bonchev–Trinajstić information content (AvgIpc) is 3.16. The van der Waals surface area contributed by atoms with Crippen LogP contribution in [0.4, 0.5) is 10.1 Å². The zero-order chi connectivity index (χ0) is 20.9. The van der Waals surface area contributed by atoms with Crippen molar-refractivity contribution < 1.29 is 9.18 Å². The van der Waals surface area contributed by atoms with E-state index in [4.69, 9.17) is 0 Å². The number of rotatable bonds is 6. The van der Waals surface area contributed by atoms with Crippen molar-refractivity contribution in [2.75, 3.05) is 5.32 Å². The van der Waals surface area contributed by atoms with Crippen LogP contribution >= 0.6 is 11.8 Å². The minimum Gasteiger partial charge on any atom is -0.319 e. The number of thioether (sulfide) groups is 1. The van der Waals surface area contributed by atoms with Gasteiger partial charge in [-0.15, -0.1) is 16.9 Å². The van der Waals surface area contributed by atoms with E-state index in [1.165, 1.54) is 16.8 Å². The molecule has 0 unspecified atom stereocenters. The standard InChI is InChI=1S/C22H18FN5OS/c1-15-25-21(27-28(15)19-10-8-17(23)9-11-19)22(29)26-18-6-4-5-16(13-18)14-30-20-7-2-3-12-24-20/h2-13H,14H2,1H3,(H,26,29). The third-order valence-electron chi connectivity index (χ3n) is 4.25. The van der Waals surface area contributed by atoms with Gasteiger partial charge in [0.25, 0.3) is 5.91 Å². The van der Waals surface area contributed by atoms with Gasteiger partial charge in [-0.1, -0.05) is 18.2 Å². The smallest absolute Gasteiger partial charge is 0.295 e. The van der Waals surface area contributed by atoms with E-state index in [0.717, 1.165) is 16.3 Å². The Hall–Kier alpha value is -3.52. The molecule has 30 heavy (non-hydrogen) atoms. The van der Waals surface area contributed by atoms with Gasteiger partial charge in [0.05, 0.1) is 10.7 Å². The van der Waals surface area contributed by atoms with Gasteiger partial charge in [0.2, 0.25) is 5.82 Å². The van der Waals surface area contributed by atoms with Gasteiger partial charge in [-0.05, 0) is 61.0 Å². The van der Waals surface area contributed by atoms with Crippen LogP contribution in [0.25, 0.3) is 5.69 Å². The summed E-state index contributed by atoms with van der Waals surface area (Å²) < 4.78 is 14.7. The molecule has 6 nitrogen and oxygen atoms in total. The van der Waals surface area contributed by atoms with Crippen molar-refractivity contribution >= 4 is 23.4 Å². The number of amides is 1. The van der Waals surface area contributed by atoms with E-state index in [9.17, 15) is 9.18 Å². The number of aromatic nitrogens is 4. The normalized spacial score (nSPS) is 10.7. The maximum atomic E-state index is 13.1. The summed E-state index contributed by atoms with van der Waals surface area (Å²) in [6.07, 6.45) is 1.76. The van der Waals surface area contributed by atoms with E-state index in [1.54, 1.807) is 37.0 Å². The summed E-state index contributed by atoms with van der Waals surface area (Å²) in [4.78, 5) is 21.2. The molecule has 2 heterocycles. The van der Waals surface area contributed by atoms with Gasteiger partial charge in [0.15, 0.2) is 0 Å². The minimum atomic E-state index is -0.409. The Morgan fingerprint density at radius 3 is 2.70 bits per heavy atom. The van der Waals surface area contributed by atoms with E-state index in [2.05, 4.69) is 20.4 Å². The van der Waals surface area contributed by atoms with Crippen LogP contribution in [-0.2, 0) is 5.75 Å². The SMILES string of the molecule is Cc1nc(C(=O)Nc2cccc(CSc3ccccn3)c2)nn1-c1ccc(F)cc1. The summed E-state index contributed by atoms with van der Waals surface area (Å²) in [6, 6.07) is 19.3. The molecule has 0 fully saturated rings. The fraction of sp³-hybridized carbons (Fsp3) is 0.0909. The average molecular weight is 419 g/mol. The number of anilines is 1. The van der Waals surface area contributed by atoms with E-state index < -0.39 is 5.91 Å². The molecule has 0 atom stereocenters. The first kappa shape index (κ1) is 19.8. The summed E-state index contributed by atoms with van der Waals surface area (Å²) in [5.41, 5.74) is 2.35. The fourth-order valence-corrected chi connectivity index (χ4v) is 3.63. The number of aryl methyl sites for hydroxylation is 1. The van der Waals surface area contributed by atoms with Gasteiger partial charge in [-0.3, -0.25) is 4.79 Å². The molecule has 2 aromatic heterocycles. The van der Waals surface area contributed by atoms with Crippen LogP contribution in [0.2, 0.25) is 0 Å². The monoisotopic (exact) mass is 419 g/mol. The lowest BCUT2D eigenvalue weighted by atomic mass is 10.2. The maximum absolute atomic E-state index is 13.1. The lowest BCUT2D eigenvalue weighted by Gasteiger charge is -2.06. The molecule has 0 aliphatic heterocycles. The van der Waals surface area contributed by atoms with Crippen molar-refractivity contribution in [1.29, 1.82) is 0 Å². The lowest BCUT2D eigenvalue weighted by molar-refractivity contribution is 0.101. The number of hydrogen-bond acceptors (Lipinski definition) is 5. The van der Waals surface area contributed by atoms with E-state index in [1.807, 2.05) is 42.5 Å². The van der Waals surface area contributed by atoms with Crippen LogP contribution < -0.4 is 5.32 Å². The van der Waals surface area contributed by atoms with Gasteiger partial charge in [0.1, 0.15) is 11.6 Å². The third-order valence-corrected chi connectivity index (χ3v) is 5.27. The number of benzene rings is 2. The van der Waals surface area contributed by atoms with E-state index in [0.29, 0.717) is 17.2 Å². The molecule has 0 radical (unpaired) electrons. The number of pyridine rings is 1. The van der Waals surface area contributed by atoms with Gasteiger partial charge >= 0.3 is 0 Å². The Bertz CT molecular complexity index is 1160. The molecule has 0 bridgehead atoms. The molecule has 4 rings (SSSR count). The highest BCUT2D eigenvalue weighted by Crippen LogP contribution is 2.22. The van der Waals surface area contributed by atoms with Gasteiger partial charge < -0.3 is 5.32 Å². The van der Waals surface area contributed by atoms with Crippen LogP contribution in [0, 0.1) is 12.7 Å². The predicted octanol–water partition coefficient (Wildman–Crippen LogP) is 4.65. The number of nitrogens with zero attached hydrogens (tertiary/aromatic N) is 4. The lowest BCUT2D eigenvalue weighted by Crippen LogP contribution is -2.14. The topological polar surface area (TPSA) is 72.7 Å². The Morgan fingerprint density at radius 2 is 1.93 bits per heavy atom. The number of carbonyl (C=O) groups excluding carboxylic acids is 1. The number of hydrogen-bond donors (Lipinski definition) is 1. The fourth-order valence-electron chi connectivity index (χ4n) is 2.83. The molecular weight excluding hydrogens is 401 g/mol. The molecule has 4 aromatic rings. The van der Waals surface area contributed by atoms with Crippen molar-refractivity contribution in [3.63, 3.8) is 0 Å². The Morgan fingerprint density at radius 1 is 1.10 bits per heavy atom. The highest BCUT2D eigenvalue weighted by Gasteiger charge is 2.15. The molecule has 0 saturated carbocycles. The van der Waals surface area contributed by atoms with Crippen LogP contribution in [0.3, 0.4) is 0 Å². The summed E-state index contributed by atoms with van der Waals surface area (Å²) >= 11 is 1.62. The molecule has 0 aliphatic rings. The van der Waals surface area contributed by atoms with Crippen LogP contribution in [0.1, 0.15) is 22.0 Å². The summed E-state index contributed by atoms with van der Waals surface area (Å²) in [6.45, 7) is 1.74. The maximum Gasteiger partial charge on any atom is 0.295 e. The van der Waals surface area contributed by atoms with Crippen molar-refractivity contribution in [1.82, 2.24) is 19.7 Å². The van der Waals surface area contributed by atoms with Crippen LogP contribution in [0.15, 0.2) is 78.0 Å². The molecule has 1 N–H and O–H groups in total. The van der Waals surface area contributed by atoms with Gasteiger partial charge in [-0.25, -0.2) is 19.0 Å². The molecule has 0 aliphatic carbocycles. The van der Waals surface area contributed by atoms with Crippen molar-refractivity contribution in [2.24, 2.45) is 0 Å². The predicted molar refractivity (Wildman–Crippen MR) is 114 cm³/mol. The largest absolute Gasteiger partial charge is 0.319 e. The Kier molecular flexibility index (Phi) is 5.85. The highest BCUT2D eigenvalue weighted by atomic mass is 32.2. The van der Waals surface area contributed by atoms with Crippen LogP contribution in [0.5, 0.6) is 0 Å².